The second-order valence-electron chi connectivity index (χ2n) is 16.0. The van der Waals surface area contributed by atoms with Crippen molar-refractivity contribution in [3.8, 4) is 101 Å². The Labute approximate surface area is 374 Å². The molecule has 1 heterocycles. The monoisotopic (exact) mass is 814 g/mol. The molecule has 0 aliphatic rings. The first-order valence-electron chi connectivity index (χ1n) is 21.8. The average molecular weight is 815 g/mol. The van der Waals surface area contributed by atoms with Gasteiger partial charge in [0.25, 0.3) is 0 Å². The van der Waals surface area contributed by atoms with Crippen LogP contribution in [-0.2, 0) is 0 Å². The van der Waals surface area contributed by atoms with Crippen LogP contribution in [0.1, 0.15) is 0 Å². The Morgan fingerprint density at radius 1 is 0.219 bits per heavy atom. The van der Waals surface area contributed by atoms with Crippen LogP contribution in [0.5, 0.6) is 0 Å². The van der Waals surface area contributed by atoms with Crippen LogP contribution in [0, 0.1) is 0 Å². The summed E-state index contributed by atoms with van der Waals surface area (Å²) in [5.41, 5.74) is 18.6. The van der Waals surface area contributed by atoms with Gasteiger partial charge in [0.2, 0.25) is 0 Å². The molecule has 0 saturated carbocycles. The molecule has 0 aliphatic carbocycles. The number of aromatic nitrogens is 2. The third-order valence-electron chi connectivity index (χ3n) is 12.1. The summed E-state index contributed by atoms with van der Waals surface area (Å²) >= 11 is 0. The second-order valence-corrected chi connectivity index (χ2v) is 16.0. The van der Waals surface area contributed by atoms with Gasteiger partial charge in [-0.3, -0.25) is 0 Å². The van der Waals surface area contributed by atoms with Gasteiger partial charge in [0, 0.05) is 16.7 Å². The standard InChI is InChI=1S/C62H42N2/c1-7-24-44(25-8-1)54-42-55(53-40-22-36-43-23-19-20-39-52(43)53)64-62(63-54)51-38-21-37-50(41-51)61-59(48-32-15-5-16-33-48)57(46-28-11-3-12-29-46)56(45-26-9-2-10-27-45)58(47-30-13-4-14-31-47)60(61)49-34-17-6-18-35-49/h1-42H. The van der Waals surface area contributed by atoms with E-state index < -0.39 is 0 Å². The molecular formula is C62H42N2. The summed E-state index contributed by atoms with van der Waals surface area (Å²) in [4.78, 5) is 10.8. The molecule has 2 nitrogen and oxygen atoms in total. The first kappa shape index (κ1) is 38.5. The molecule has 0 N–H and O–H groups in total. The number of benzene rings is 10. The van der Waals surface area contributed by atoms with Crippen molar-refractivity contribution < 1.29 is 0 Å². The van der Waals surface area contributed by atoms with Gasteiger partial charge in [-0.1, -0.05) is 243 Å². The molecule has 0 radical (unpaired) electrons. The van der Waals surface area contributed by atoms with E-state index in [4.69, 9.17) is 9.97 Å². The Morgan fingerprint density at radius 2 is 0.547 bits per heavy atom. The summed E-state index contributed by atoms with van der Waals surface area (Å²) in [7, 11) is 0. The molecule has 11 aromatic rings. The maximum absolute atomic E-state index is 5.42. The lowest BCUT2D eigenvalue weighted by atomic mass is 9.74. The van der Waals surface area contributed by atoms with E-state index in [1.807, 2.05) is 6.07 Å². The van der Waals surface area contributed by atoms with Crippen LogP contribution in [-0.4, -0.2) is 9.97 Å². The Hall–Kier alpha value is -8.46. The van der Waals surface area contributed by atoms with E-state index in [-0.39, 0.29) is 0 Å². The maximum Gasteiger partial charge on any atom is 0.160 e. The number of hydrogen-bond donors (Lipinski definition) is 0. The van der Waals surface area contributed by atoms with Gasteiger partial charge in [-0.15, -0.1) is 0 Å². The zero-order valence-electron chi connectivity index (χ0n) is 35.1. The molecule has 0 bridgehead atoms. The van der Waals surface area contributed by atoms with E-state index in [1.165, 1.54) is 22.1 Å². The SMILES string of the molecule is c1ccc(-c2cc(-c3cccc4ccccc34)nc(-c3cccc(-c4c(-c5ccccc5)c(-c5ccccc5)c(-c5ccccc5)c(-c5ccccc5)c4-c4ccccc4)c3)n2)cc1. The van der Waals surface area contributed by atoms with Crippen molar-refractivity contribution >= 4 is 10.8 Å². The first-order chi connectivity index (χ1) is 31.8. The normalized spacial score (nSPS) is 11.1. The van der Waals surface area contributed by atoms with Crippen molar-refractivity contribution in [1.29, 1.82) is 0 Å². The summed E-state index contributed by atoms with van der Waals surface area (Å²) in [5.74, 6) is 0.668. The summed E-state index contributed by atoms with van der Waals surface area (Å²) in [6.45, 7) is 0. The van der Waals surface area contributed by atoms with Gasteiger partial charge in [-0.2, -0.15) is 0 Å². The van der Waals surface area contributed by atoms with Crippen molar-refractivity contribution in [1.82, 2.24) is 9.97 Å². The van der Waals surface area contributed by atoms with Crippen molar-refractivity contribution in [2.45, 2.75) is 0 Å². The predicted molar refractivity (Wildman–Crippen MR) is 268 cm³/mol. The molecular weight excluding hydrogens is 773 g/mol. The summed E-state index contributed by atoms with van der Waals surface area (Å²) in [6, 6.07) is 91.0. The summed E-state index contributed by atoms with van der Waals surface area (Å²) in [6.07, 6.45) is 0. The average Bonchev–Trinajstić information content (AvgIpc) is 3.39. The minimum Gasteiger partial charge on any atom is -0.228 e. The van der Waals surface area contributed by atoms with E-state index in [0.29, 0.717) is 5.82 Å². The van der Waals surface area contributed by atoms with E-state index in [0.717, 1.165) is 83.5 Å². The van der Waals surface area contributed by atoms with Gasteiger partial charge in [-0.25, -0.2) is 9.97 Å². The second kappa shape index (κ2) is 17.1. The molecule has 11 rings (SSSR count). The zero-order chi connectivity index (χ0) is 42.7. The van der Waals surface area contributed by atoms with Crippen molar-refractivity contribution in [2.24, 2.45) is 0 Å². The lowest BCUT2D eigenvalue weighted by Gasteiger charge is -2.29. The van der Waals surface area contributed by atoms with Crippen LogP contribution in [0.4, 0.5) is 0 Å². The van der Waals surface area contributed by atoms with Crippen LogP contribution in [0.15, 0.2) is 255 Å². The minimum atomic E-state index is 0.668. The van der Waals surface area contributed by atoms with Crippen molar-refractivity contribution in [3.05, 3.63) is 255 Å². The molecule has 0 saturated heterocycles. The highest BCUT2D eigenvalue weighted by molar-refractivity contribution is 6.15. The predicted octanol–water partition coefficient (Wildman–Crippen LogP) is 16.6. The third kappa shape index (κ3) is 7.27. The maximum atomic E-state index is 5.42. The number of rotatable bonds is 9. The van der Waals surface area contributed by atoms with Crippen LogP contribution >= 0.6 is 0 Å². The van der Waals surface area contributed by atoms with Crippen LogP contribution < -0.4 is 0 Å². The molecule has 300 valence electrons. The number of hydrogen-bond acceptors (Lipinski definition) is 2. The molecule has 0 amide bonds. The fourth-order valence-corrected chi connectivity index (χ4v) is 9.24. The molecule has 0 spiro atoms. The first-order valence-corrected chi connectivity index (χ1v) is 21.8. The lowest BCUT2D eigenvalue weighted by molar-refractivity contribution is 1.18. The van der Waals surface area contributed by atoms with E-state index in [2.05, 4.69) is 249 Å². The van der Waals surface area contributed by atoms with Gasteiger partial charge in [0.1, 0.15) is 0 Å². The Bertz CT molecular complexity index is 3280. The highest BCUT2D eigenvalue weighted by Crippen LogP contribution is 2.56. The molecule has 10 aromatic carbocycles. The topological polar surface area (TPSA) is 25.8 Å². The van der Waals surface area contributed by atoms with Gasteiger partial charge in [0.15, 0.2) is 5.82 Å². The molecule has 0 atom stereocenters. The van der Waals surface area contributed by atoms with Crippen LogP contribution in [0.25, 0.3) is 111 Å². The molecule has 2 heteroatoms. The smallest absolute Gasteiger partial charge is 0.160 e. The van der Waals surface area contributed by atoms with Crippen molar-refractivity contribution in [2.75, 3.05) is 0 Å². The lowest BCUT2D eigenvalue weighted by Crippen LogP contribution is -2.02. The minimum absolute atomic E-state index is 0.668. The molecule has 0 fully saturated rings. The third-order valence-corrected chi connectivity index (χ3v) is 12.1. The Morgan fingerprint density at radius 3 is 1.02 bits per heavy atom. The quantitative estimate of drug-likeness (QED) is 0.145. The van der Waals surface area contributed by atoms with Gasteiger partial charge >= 0.3 is 0 Å². The fraction of sp³-hybridized carbons (Fsp3) is 0. The van der Waals surface area contributed by atoms with Gasteiger partial charge in [-0.05, 0) is 89.7 Å². The fourth-order valence-electron chi connectivity index (χ4n) is 9.24. The molecule has 0 aliphatic heterocycles. The summed E-state index contributed by atoms with van der Waals surface area (Å²) < 4.78 is 0. The molecule has 1 aromatic heterocycles. The van der Waals surface area contributed by atoms with Gasteiger partial charge < -0.3 is 0 Å². The number of nitrogens with zero attached hydrogens (tertiary/aromatic N) is 2. The summed E-state index contributed by atoms with van der Waals surface area (Å²) in [5, 5.41) is 2.33. The zero-order valence-corrected chi connectivity index (χ0v) is 35.1. The van der Waals surface area contributed by atoms with E-state index in [9.17, 15) is 0 Å². The highest BCUT2D eigenvalue weighted by atomic mass is 14.9. The van der Waals surface area contributed by atoms with Gasteiger partial charge in [0.05, 0.1) is 11.4 Å². The number of fused-ring (bicyclic) bond motifs is 1. The van der Waals surface area contributed by atoms with Crippen LogP contribution in [0.3, 0.4) is 0 Å². The van der Waals surface area contributed by atoms with Crippen LogP contribution in [0.2, 0.25) is 0 Å². The Kier molecular flexibility index (Phi) is 10.3. The van der Waals surface area contributed by atoms with Crippen molar-refractivity contribution in [3.63, 3.8) is 0 Å². The Balaban J connectivity index is 1.27. The molecule has 0 unspecified atom stereocenters. The van der Waals surface area contributed by atoms with E-state index >= 15 is 0 Å². The highest BCUT2D eigenvalue weighted by Gasteiger charge is 2.29. The van der Waals surface area contributed by atoms with E-state index in [1.54, 1.807) is 0 Å². The largest absolute Gasteiger partial charge is 0.228 e. The molecule has 64 heavy (non-hydrogen) atoms.